The lowest BCUT2D eigenvalue weighted by Gasteiger charge is -2.21. The number of pyridine rings is 1. The number of hydrogen-bond acceptors (Lipinski definition) is 4. The number of aromatic amines is 1. The molecule has 0 unspecified atom stereocenters. The third-order valence-corrected chi connectivity index (χ3v) is 6.30. The first-order valence-corrected chi connectivity index (χ1v) is 10.2. The van der Waals surface area contributed by atoms with E-state index in [4.69, 9.17) is 0 Å². The van der Waals surface area contributed by atoms with Crippen LogP contribution in [0.2, 0.25) is 0 Å². The van der Waals surface area contributed by atoms with Gasteiger partial charge in [-0.2, -0.15) is 0 Å². The normalized spacial score (nSPS) is 11.7. The molecule has 0 bridgehead atoms. The molecule has 0 fully saturated rings. The Morgan fingerprint density at radius 3 is 2.29 bits per heavy atom. The Bertz CT molecular complexity index is 1180. The van der Waals surface area contributed by atoms with Gasteiger partial charge in [0.25, 0.3) is 11.5 Å². The molecule has 0 aliphatic heterocycles. The zero-order valence-corrected chi connectivity index (χ0v) is 16.7. The van der Waals surface area contributed by atoms with Crippen LogP contribution in [0.4, 0.5) is 5.69 Å². The molecule has 3 aromatic rings. The lowest BCUT2D eigenvalue weighted by Crippen LogP contribution is -2.34. The molecule has 0 atom stereocenters. The molecule has 2 aromatic carbocycles. The molecule has 1 amide bonds. The second kappa shape index (κ2) is 7.57. The Balaban J connectivity index is 1.99. The highest BCUT2D eigenvalue weighted by atomic mass is 32.2. The molecule has 0 spiro atoms. The average molecular weight is 399 g/mol. The predicted molar refractivity (Wildman–Crippen MR) is 109 cm³/mol. The molecular formula is C20H21N3O4S. The van der Waals surface area contributed by atoms with Crippen molar-refractivity contribution in [1.82, 2.24) is 9.29 Å². The molecule has 1 heterocycles. The van der Waals surface area contributed by atoms with Gasteiger partial charge in [-0.3, -0.25) is 9.59 Å². The highest BCUT2D eigenvalue weighted by molar-refractivity contribution is 7.89. The summed E-state index contributed by atoms with van der Waals surface area (Å²) in [4.78, 5) is 29.7. The molecule has 0 saturated carbocycles. The highest BCUT2D eigenvalue weighted by Gasteiger charge is 2.21. The summed E-state index contributed by atoms with van der Waals surface area (Å²) in [6, 6.07) is 14.8. The number of amides is 1. The zero-order chi connectivity index (χ0) is 20.5. The van der Waals surface area contributed by atoms with Gasteiger partial charge in [0.2, 0.25) is 10.0 Å². The van der Waals surface area contributed by atoms with E-state index in [1.54, 1.807) is 37.3 Å². The van der Waals surface area contributed by atoms with E-state index in [9.17, 15) is 18.0 Å². The molecular weight excluding hydrogens is 378 g/mol. The molecule has 1 N–H and O–H groups in total. The van der Waals surface area contributed by atoms with Crippen LogP contribution >= 0.6 is 0 Å². The third-order valence-electron chi connectivity index (χ3n) is 4.47. The van der Waals surface area contributed by atoms with Gasteiger partial charge in [0.1, 0.15) is 5.56 Å². The molecule has 0 saturated heterocycles. The zero-order valence-electron chi connectivity index (χ0n) is 15.8. The van der Waals surface area contributed by atoms with E-state index in [2.05, 4.69) is 4.98 Å². The minimum Gasteiger partial charge on any atom is -0.321 e. The number of carbonyl (C=O) groups excluding carboxylic acids is 1. The van der Waals surface area contributed by atoms with Crippen LogP contribution in [0.1, 0.15) is 17.3 Å². The number of sulfonamides is 1. The van der Waals surface area contributed by atoms with Gasteiger partial charge in [0, 0.05) is 31.8 Å². The molecule has 8 heteroatoms. The van der Waals surface area contributed by atoms with E-state index < -0.39 is 21.5 Å². The average Bonchev–Trinajstić information content (AvgIpc) is 2.68. The number of benzene rings is 2. The van der Waals surface area contributed by atoms with Crippen molar-refractivity contribution in [3.63, 3.8) is 0 Å². The first-order valence-electron chi connectivity index (χ1n) is 8.72. The molecule has 28 heavy (non-hydrogen) atoms. The summed E-state index contributed by atoms with van der Waals surface area (Å²) >= 11 is 0. The van der Waals surface area contributed by atoms with E-state index in [0.29, 0.717) is 17.7 Å². The number of rotatable bonds is 5. The van der Waals surface area contributed by atoms with Gasteiger partial charge >= 0.3 is 0 Å². The summed E-state index contributed by atoms with van der Waals surface area (Å²) in [5.74, 6) is -0.447. The fourth-order valence-electron chi connectivity index (χ4n) is 2.90. The summed E-state index contributed by atoms with van der Waals surface area (Å²) in [6.07, 6.45) is 0. The van der Waals surface area contributed by atoms with Gasteiger partial charge in [0.05, 0.1) is 4.90 Å². The summed E-state index contributed by atoms with van der Waals surface area (Å²) in [6.45, 7) is 2.11. The number of anilines is 1. The van der Waals surface area contributed by atoms with E-state index in [-0.39, 0.29) is 10.5 Å². The van der Waals surface area contributed by atoms with E-state index >= 15 is 0 Å². The number of para-hydroxylation sites is 1. The number of H-pyrrole nitrogens is 1. The van der Waals surface area contributed by atoms with E-state index in [0.717, 1.165) is 9.69 Å². The fraction of sp³-hybridized carbons (Fsp3) is 0.200. The highest BCUT2D eigenvalue weighted by Crippen LogP contribution is 2.21. The first-order chi connectivity index (χ1) is 13.3. The Morgan fingerprint density at radius 1 is 1.04 bits per heavy atom. The quantitative estimate of drug-likeness (QED) is 0.713. The summed E-state index contributed by atoms with van der Waals surface area (Å²) in [7, 11) is -0.644. The van der Waals surface area contributed by atoms with Crippen molar-refractivity contribution in [2.24, 2.45) is 0 Å². The maximum absolute atomic E-state index is 13.0. The van der Waals surface area contributed by atoms with Crippen LogP contribution in [0.15, 0.2) is 64.3 Å². The topological polar surface area (TPSA) is 90.5 Å². The minimum atomic E-state index is -3.55. The number of aromatic nitrogens is 1. The van der Waals surface area contributed by atoms with Crippen LogP contribution in [-0.4, -0.2) is 44.3 Å². The van der Waals surface area contributed by atoms with Crippen LogP contribution in [0.25, 0.3) is 10.9 Å². The number of hydrogen-bond donors (Lipinski definition) is 1. The van der Waals surface area contributed by atoms with Crippen molar-refractivity contribution in [2.45, 2.75) is 11.8 Å². The number of nitrogens with one attached hydrogen (secondary N) is 1. The van der Waals surface area contributed by atoms with Gasteiger partial charge in [-0.05, 0) is 48.7 Å². The SMILES string of the molecule is CCN(C(=O)c1cc2ccccc2[nH]c1=O)c1ccc(S(=O)(=O)N(C)C)cc1. The number of fused-ring (bicyclic) bond motifs is 1. The van der Waals surface area contributed by atoms with Gasteiger partial charge < -0.3 is 9.88 Å². The third kappa shape index (κ3) is 3.56. The first kappa shape index (κ1) is 19.8. The summed E-state index contributed by atoms with van der Waals surface area (Å²) in [5.41, 5.74) is 0.739. The number of nitrogens with zero attached hydrogens (tertiary/aromatic N) is 2. The molecule has 146 valence electrons. The summed E-state index contributed by atoms with van der Waals surface area (Å²) in [5, 5.41) is 0.758. The Kier molecular flexibility index (Phi) is 5.35. The maximum atomic E-state index is 13.0. The van der Waals surface area contributed by atoms with Gasteiger partial charge in [-0.15, -0.1) is 0 Å². The van der Waals surface area contributed by atoms with Crippen molar-refractivity contribution in [2.75, 3.05) is 25.5 Å². The van der Waals surface area contributed by atoms with Crippen LogP contribution in [-0.2, 0) is 10.0 Å². The van der Waals surface area contributed by atoms with Gasteiger partial charge in [0.15, 0.2) is 0 Å². The number of carbonyl (C=O) groups is 1. The monoisotopic (exact) mass is 399 g/mol. The van der Waals surface area contributed by atoms with Gasteiger partial charge in [-0.25, -0.2) is 12.7 Å². The van der Waals surface area contributed by atoms with Crippen molar-refractivity contribution in [3.8, 4) is 0 Å². The lowest BCUT2D eigenvalue weighted by atomic mass is 10.1. The molecule has 3 rings (SSSR count). The predicted octanol–water partition coefficient (Wildman–Crippen LogP) is 2.45. The van der Waals surface area contributed by atoms with E-state index in [1.165, 1.54) is 31.1 Å². The second-order valence-electron chi connectivity index (χ2n) is 6.43. The largest absolute Gasteiger partial charge is 0.321 e. The van der Waals surface area contributed by atoms with Gasteiger partial charge in [-0.1, -0.05) is 18.2 Å². The standard InChI is InChI=1S/C20H21N3O4S/c1-4-23(15-9-11-16(12-10-15)28(26,27)22(2)3)20(25)17-13-14-7-5-6-8-18(14)21-19(17)24/h5-13H,4H2,1-3H3,(H,21,24). The fourth-order valence-corrected chi connectivity index (χ4v) is 3.81. The van der Waals surface area contributed by atoms with Crippen molar-refractivity contribution >= 4 is 32.5 Å². The Labute approximate surface area is 163 Å². The molecule has 1 aromatic heterocycles. The second-order valence-corrected chi connectivity index (χ2v) is 8.58. The van der Waals surface area contributed by atoms with Crippen LogP contribution in [0.5, 0.6) is 0 Å². The smallest absolute Gasteiger partial charge is 0.263 e. The summed E-state index contributed by atoms with van der Waals surface area (Å²) < 4.78 is 25.5. The Hall–Kier alpha value is -2.97. The van der Waals surface area contributed by atoms with Crippen molar-refractivity contribution in [3.05, 3.63) is 70.5 Å². The molecule has 0 radical (unpaired) electrons. The van der Waals surface area contributed by atoms with Crippen molar-refractivity contribution < 1.29 is 13.2 Å². The lowest BCUT2D eigenvalue weighted by molar-refractivity contribution is 0.0987. The maximum Gasteiger partial charge on any atom is 0.263 e. The molecule has 0 aliphatic carbocycles. The van der Waals surface area contributed by atoms with Crippen LogP contribution < -0.4 is 10.5 Å². The van der Waals surface area contributed by atoms with E-state index in [1.807, 2.05) is 12.1 Å². The van der Waals surface area contributed by atoms with Crippen LogP contribution in [0.3, 0.4) is 0 Å². The van der Waals surface area contributed by atoms with Crippen molar-refractivity contribution in [1.29, 1.82) is 0 Å². The molecule has 0 aliphatic rings. The van der Waals surface area contributed by atoms with Crippen LogP contribution in [0, 0.1) is 0 Å². The minimum absolute atomic E-state index is 0.0329. The Morgan fingerprint density at radius 2 is 1.68 bits per heavy atom. The molecule has 7 nitrogen and oxygen atoms in total.